The highest BCUT2D eigenvalue weighted by molar-refractivity contribution is 6.31. The first-order valence-corrected chi connectivity index (χ1v) is 7.18. The number of halogens is 1. The number of aryl methyl sites for hydroxylation is 1. The first kappa shape index (κ1) is 12.3. The second-order valence-corrected chi connectivity index (χ2v) is 6.08. The number of ether oxygens (including phenoxy) is 1. The third-order valence-electron chi connectivity index (χ3n) is 4.43. The van der Waals surface area contributed by atoms with E-state index in [-0.39, 0.29) is 5.60 Å². The molecule has 2 aliphatic rings. The third kappa shape index (κ3) is 1.92. The van der Waals surface area contributed by atoms with E-state index in [2.05, 4.69) is 17.4 Å². The van der Waals surface area contributed by atoms with Crippen LogP contribution in [-0.2, 0) is 0 Å². The van der Waals surface area contributed by atoms with Crippen molar-refractivity contribution < 1.29 is 4.74 Å². The summed E-state index contributed by atoms with van der Waals surface area (Å²) in [6, 6.07) is 4.53. The van der Waals surface area contributed by atoms with Crippen molar-refractivity contribution in [3.63, 3.8) is 0 Å². The molecule has 1 saturated carbocycles. The van der Waals surface area contributed by atoms with Crippen LogP contribution < -0.4 is 10.1 Å². The highest BCUT2D eigenvalue weighted by Crippen LogP contribution is 2.48. The molecule has 0 aromatic heterocycles. The van der Waals surface area contributed by atoms with Gasteiger partial charge in [0.2, 0.25) is 0 Å². The minimum absolute atomic E-state index is 0.0704. The highest BCUT2D eigenvalue weighted by atomic mass is 35.5. The van der Waals surface area contributed by atoms with Crippen molar-refractivity contribution in [2.75, 3.05) is 7.05 Å². The van der Waals surface area contributed by atoms with Gasteiger partial charge < -0.3 is 10.1 Å². The van der Waals surface area contributed by atoms with Crippen LogP contribution in [0.5, 0.6) is 5.75 Å². The average Bonchev–Trinajstić information content (AvgIpc) is 2.79. The van der Waals surface area contributed by atoms with Gasteiger partial charge >= 0.3 is 0 Å². The van der Waals surface area contributed by atoms with Gasteiger partial charge in [-0.05, 0) is 57.4 Å². The van der Waals surface area contributed by atoms with E-state index in [1.54, 1.807) is 0 Å². The van der Waals surface area contributed by atoms with Gasteiger partial charge in [-0.2, -0.15) is 0 Å². The predicted octanol–water partition coefficient (Wildman–Crippen LogP) is 4.00. The van der Waals surface area contributed by atoms with Crippen LogP contribution in [0.4, 0.5) is 0 Å². The highest BCUT2D eigenvalue weighted by Gasteiger charge is 2.42. The van der Waals surface area contributed by atoms with E-state index in [1.165, 1.54) is 31.2 Å². The summed E-state index contributed by atoms with van der Waals surface area (Å²) >= 11 is 6.24. The fraction of sp³-hybridized carbons (Fsp3) is 0.600. The molecule has 18 heavy (non-hydrogen) atoms. The van der Waals surface area contributed by atoms with Gasteiger partial charge in [0.05, 0.1) is 0 Å². The molecule has 2 nitrogen and oxygen atoms in total. The van der Waals surface area contributed by atoms with Gasteiger partial charge in [0.25, 0.3) is 0 Å². The van der Waals surface area contributed by atoms with E-state index in [4.69, 9.17) is 16.3 Å². The molecule has 1 fully saturated rings. The van der Waals surface area contributed by atoms with Crippen LogP contribution in [0, 0.1) is 6.92 Å². The maximum Gasteiger partial charge on any atom is 0.125 e. The molecular formula is C15H20ClNO. The largest absolute Gasteiger partial charge is 0.487 e. The molecule has 1 unspecified atom stereocenters. The lowest BCUT2D eigenvalue weighted by Gasteiger charge is -2.40. The van der Waals surface area contributed by atoms with Gasteiger partial charge in [0.15, 0.2) is 0 Å². The van der Waals surface area contributed by atoms with Crippen molar-refractivity contribution in [3.8, 4) is 5.75 Å². The number of hydrogen-bond donors (Lipinski definition) is 1. The molecule has 1 aromatic carbocycles. The minimum atomic E-state index is 0.0704. The Morgan fingerprint density at radius 3 is 2.72 bits per heavy atom. The molecule has 98 valence electrons. The molecule has 1 aliphatic carbocycles. The van der Waals surface area contributed by atoms with E-state index < -0.39 is 0 Å². The Balaban J connectivity index is 2.04. The Labute approximate surface area is 114 Å². The Morgan fingerprint density at radius 2 is 2.06 bits per heavy atom. The molecule has 1 aliphatic heterocycles. The van der Waals surface area contributed by atoms with Crippen molar-refractivity contribution in [3.05, 3.63) is 28.3 Å². The Morgan fingerprint density at radius 1 is 1.33 bits per heavy atom. The van der Waals surface area contributed by atoms with Crippen LogP contribution in [0.2, 0.25) is 5.02 Å². The van der Waals surface area contributed by atoms with E-state index in [9.17, 15) is 0 Å². The van der Waals surface area contributed by atoms with Crippen LogP contribution in [0.3, 0.4) is 0 Å². The number of fused-ring (bicyclic) bond motifs is 1. The van der Waals surface area contributed by atoms with Crippen LogP contribution in [0.1, 0.15) is 49.3 Å². The number of nitrogens with one attached hydrogen (secondary N) is 1. The minimum Gasteiger partial charge on any atom is -0.487 e. The molecule has 1 atom stereocenters. The van der Waals surface area contributed by atoms with E-state index >= 15 is 0 Å². The van der Waals surface area contributed by atoms with E-state index in [1.807, 2.05) is 14.0 Å². The summed E-state index contributed by atoms with van der Waals surface area (Å²) in [7, 11) is 2.02. The summed E-state index contributed by atoms with van der Waals surface area (Å²) in [5, 5.41) is 4.25. The summed E-state index contributed by atoms with van der Waals surface area (Å²) in [4.78, 5) is 0. The lowest BCUT2D eigenvalue weighted by molar-refractivity contribution is 0.0379. The van der Waals surface area contributed by atoms with Crippen molar-refractivity contribution in [1.29, 1.82) is 0 Å². The lowest BCUT2D eigenvalue weighted by atomic mass is 9.85. The molecular weight excluding hydrogens is 246 g/mol. The Kier molecular flexibility index (Phi) is 3.03. The number of rotatable bonds is 1. The zero-order chi connectivity index (χ0) is 12.8. The summed E-state index contributed by atoms with van der Waals surface area (Å²) in [5.41, 5.74) is 2.38. The van der Waals surface area contributed by atoms with Gasteiger partial charge in [-0.3, -0.25) is 0 Å². The normalized spacial score (nSPS) is 24.9. The zero-order valence-electron chi connectivity index (χ0n) is 11.1. The quantitative estimate of drug-likeness (QED) is 0.829. The van der Waals surface area contributed by atoms with Crippen LogP contribution >= 0.6 is 11.6 Å². The van der Waals surface area contributed by atoms with E-state index in [0.29, 0.717) is 6.04 Å². The number of hydrogen-bond acceptors (Lipinski definition) is 2. The van der Waals surface area contributed by atoms with Gasteiger partial charge in [-0.1, -0.05) is 11.6 Å². The van der Waals surface area contributed by atoms with Crippen LogP contribution in [-0.4, -0.2) is 12.6 Å². The van der Waals surface area contributed by atoms with Crippen molar-refractivity contribution in [1.82, 2.24) is 5.32 Å². The molecule has 1 N–H and O–H groups in total. The average molecular weight is 266 g/mol. The monoisotopic (exact) mass is 265 g/mol. The summed E-state index contributed by atoms with van der Waals surface area (Å²) in [6.45, 7) is 2.04. The van der Waals surface area contributed by atoms with Gasteiger partial charge in [0, 0.05) is 23.0 Å². The van der Waals surface area contributed by atoms with E-state index in [0.717, 1.165) is 22.8 Å². The maximum atomic E-state index is 6.35. The predicted molar refractivity (Wildman–Crippen MR) is 74.4 cm³/mol. The van der Waals surface area contributed by atoms with Crippen molar-refractivity contribution in [2.45, 2.75) is 50.7 Å². The first-order chi connectivity index (χ1) is 8.63. The second-order valence-electron chi connectivity index (χ2n) is 5.68. The molecule has 1 aromatic rings. The molecule has 3 heteroatoms. The first-order valence-electron chi connectivity index (χ1n) is 6.80. The molecule has 0 bridgehead atoms. The molecule has 1 heterocycles. The molecule has 0 saturated heterocycles. The molecule has 1 spiro atoms. The van der Waals surface area contributed by atoms with Crippen molar-refractivity contribution >= 4 is 11.6 Å². The third-order valence-corrected chi connectivity index (χ3v) is 4.84. The van der Waals surface area contributed by atoms with Crippen LogP contribution in [0.25, 0.3) is 0 Å². The maximum absolute atomic E-state index is 6.35. The smallest absolute Gasteiger partial charge is 0.125 e. The lowest BCUT2D eigenvalue weighted by Crippen LogP contribution is -2.41. The van der Waals surface area contributed by atoms with Gasteiger partial charge in [-0.25, -0.2) is 0 Å². The SMILES string of the molecule is CNC1CC2(CCCC2)Oc2cc(C)c(Cl)cc21. The summed E-state index contributed by atoms with van der Waals surface area (Å²) < 4.78 is 6.35. The summed E-state index contributed by atoms with van der Waals surface area (Å²) in [6.07, 6.45) is 6.02. The fourth-order valence-corrected chi connectivity index (χ4v) is 3.54. The van der Waals surface area contributed by atoms with Crippen LogP contribution in [0.15, 0.2) is 12.1 Å². The Bertz CT molecular complexity index is 466. The standard InChI is InChI=1S/C15H20ClNO/c1-10-7-14-11(8-12(10)16)13(17-2)9-15(18-14)5-3-4-6-15/h7-8,13,17H,3-6,9H2,1-2H3. The van der Waals surface area contributed by atoms with Crippen molar-refractivity contribution in [2.24, 2.45) is 0 Å². The van der Waals surface area contributed by atoms with Gasteiger partial charge in [-0.15, -0.1) is 0 Å². The fourth-order valence-electron chi connectivity index (χ4n) is 3.37. The second kappa shape index (κ2) is 4.43. The molecule has 0 radical (unpaired) electrons. The zero-order valence-corrected chi connectivity index (χ0v) is 11.8. The molecule has 3 rings (SSSR count). The summed E-state index contributed by atoms with van der Waals surface area (Å²) in [5.74, 6) is 1.03. The Hall–Kier alpha value is -0.730. The molecule has 0 amide bonds. The number of benzene rings is 1. The van der Waals surface area contributed by atoms with Gasteiger partial charge in [0.1, 0.15) is 11.4 Å². The topological polar surface area (TPSA) is 21.3 Å².